The first-order chi connectivity index (χ1) is 9.87. The monoisotopic (exact) mass is 293 g/mol. The highest BCUT2D eigenvalue weighted by molar-refractivity contribution is 5.87. The number of hydrogen-bond donors (Lipinski definition) is 2. The average Bonchev–Trinajstić information content (AvgIpc) is 2.41. The van der Waals surface area contributed by atoms with Crippen molar-refractivity contribution in [1.29, 1.82) is 0 Å². The van der Waals surface area contributed by atoms with Crippen LogP contribution in [-0.4, -0.2) is 22.5 Å². The molecule has 4 nitrogen and oxygen atoms in total. The number of halogens is 1. The number of amides is 1. The van der Waals surface area contributed by atoms with Gasteiger partial charge in [-0.1, -0.05) is 37.6 Å². The highest BCUT2D eigenvalue weighted by Gasteiger charge is 2.33. The van der Waals surface area contributed by atoms with E-state index in [1.807, 2.05) is 6.92 Å². The first-order valence-corrected chi connectivity index (χ1v) is 6.84. The van der Waals surface area contributed by atoms with Gasteiger partial charge in [-0.3, -0.25) is 4.79 Å². The lowest BCUT2D eigenvalue weighted by atomic mass is 9.96. The van der Waals surface area contributed by atoms with E-state index in [0.29, 0.717) is 12.8 Å². The Kier molecular flexibility index (Phi) is 6.09. The highest BCUT2D eigenvalue weighted by atomic mass is 19.1. The smallest absolute Gasteiger partial charge is 0.329 e. The van der Waals surface area contributed by atoms with Crippen LogP contribution in [0.4, 0.5) is 4.39 Å². The number of aliphatic carboxylic acids is 1. The van der Waals surface area contributed by atoms with E-state index in [1.165, 1.54) is 19.1 Å². The minimum atomic E-state index is -1.24. The summed E-state index contributed by atoms with van der Waals surface area (Å²) in [6.07, 6.45) is 4.42. The largest absolute Gasteiger partial charge is 0.480 e. The number of rotatable bonds is 7. The molecule has 1 aromatic carbocycles. The van der Waals surface area contributed by atoms with Gasteiger partial charge in [-0.05, 0) is 31.0 Å². The molecule has 0 aromatic heterocycles. The van der Waals surface area contributed by atoms with Crippen molar-refractivity contribution in [3.63, 3.8) is 0 Å². The van der Waals surface area contributed by atoms with E-state index in [2.05, 4.69) is 5.32 Å². The lowest BCUT2D eigenvalue weighted by Gasteiger charge is -2.25. The Morgan fingerprint density at radius 1 is 1.33 bits per heavy atom. The Labute approximate surface area is 123 Å². The van der Waals surface area contributed by atoms with Crippen molar-refractivity contribution in [2.45, 2.75) is 38.6 Å². The normalized spacial score (nSPS) is 13.9. The van der Waals surface area contributed by atoms with Crippen molar-refractivity contribution in [2.24, 2.45) is 0 Å². The predicted octanol–water partition coefficient (Wildman–Crippen LogP) is 2.99. The van der Waals surface area contributed by atoms with Gasteiger partial charge in [-0.2, -0.15) is 0 Å². The van der Waals surface area contributed by atoms with E-state index in [1.54, 1.807) is 24.3 Å². The van der Waals surface area contributed by atoms with E-state index >= 15 is 0 Å². The zero-order valence-corrected chi connectivity index (χ0v) is 12.2. The number of carboxylic acid groups (broad SMARTS) is 1. The summed E-state index contributed by atoms with van der Waals surface area (Å²) in [6.45, 7) is 3.36. The van der Waals surface area contributed by atoms with Crippen molar-refractivity contribution in [3.05, 3.63) is 41.7 Å². The second-order valence-electron chi connectivity index (χ2n) is 5.09. The molecule has 0 aliphatic carbocycles. The summed E-state index contributed by atoms with van der Waals surface area (Å²) in [6, 6.07) is 5.87. The summed E-state index contributed by atoms with van der Waals surface area (Å²) in [7, 11) is 0. The third kappa shape index (κ3) is 5.38. The fourth-order valence-electron chi connectivity index (χ4n) is 1.96. The highest BCUT2D eigenvalue weighted by Crippen LogP contribution is 2.13. The van der Waals surface area contributed by atoms with Gasteiger partial charge in [-0.25, -0.2) is 9.18 Å². The molecule has 0 spiro atoms. The van der Waals surface area contributed by atoms with Crippen molar-refractivity contribution in [2.75, 3.05) is 0 Å². The van der Waals surface area contributed by atoms with Crippen molar-refractivity contribution >= 4 is 18.0 Å². The van der Waals surface area contributed by atoms with E-state index in [4.69, 9.17) is 0 Å². The maximum absolute atomic E-state index is 12.7. The van der Waals surface area contributed by atoms with E-state index < -0.39 is 11.5 Å². The van der Waals surface area contributed by atoms with Crippen LogP contribution in [-0.2, 0) is 9.59 Å². The van der Waals surface area contributed by atoms with Crippen LogP contribution in [0.2, 0.25) is 0 Å². The van der Waals surface area contributed by atoms with Gasteiger partial charge in [-0.15, -0.1) is 0 Å². The Hall–Kier alpha value is -2.17. The maximum atomic E-state index is 12.7. The van der Waals surface area contributed by atoms with Gasteiger partial charge >= 0.3 is 5.97 Å². The minimum Gasteiger partial charge on any atom is -0.480 e. The fourth-order valence-corrected chi connectivity index (χ4v) is 1.96. The molecular formula is C16H20FNO3. The van der Waals surface area contributed by atoms with Gasteiger partial charge in [0, 0.05) is 6.42 Å². The quantitative estimate of drug-likeness (QED) is 0.812. The molecule has 1 aromatic rings. The van der Waals surface area contributed by atoms with Crippen LogP contribution >= 0.6 is 0 Å². The van der Waals surface area contributed by atoms with Crippen LogP contribution in [0, 0.1) is 5.82 Å². The van der Waals surface area contributed by atoms with E-state index in [9.17, 15) is 19.1 Å². The molecule has 21 heavy (non-hydrogen) atoms. The molecule has 0 aliphatic rings. The van der Waals surface area contributed by atoms with Gasteiger partial charge < -0.3 is 10.4 Å². The zero-order valence-electron chi connectivity index (χ0n) is 12.2. The molecule has 2 N–H and O–H groups in total. The van der Waals surface area contributed by atoms with Crippen molar-refractivity contribution in [3.8, 4) is 0 Å². The van der Waals surface area contributed by atoms with Crippen LogP contribution in [0.15, 0.2) is 30.3 Å². The molecule has 1 atom stereocenters. The molecule has 0 saturated carbocycles. The third-order valence-electron chi connectivity index (χ3n) is 3.12. The second kappa shape index (κ2) is 7.57. The summed E-state index contributed by atoms with van der Waals surface area (Å²) < 4.78 is 12.7. The molecule has 0 bridgehead atoms. The number of carbonyl (C=O) groups excluding carboxylic acids is 1. The van der Waals surface area contributed by atoms with Gasteiger partial charge in [0.05, 0.1) is 0 Å². The van der Waals surface area contributed by atoms with E-state index in [-0.39, 0.29) is 18.1 Å². The summed E-state index contributed by atoms with van der Waals surface area (Å²) >= 11 is 0. The lowest BCUT2D eigenvalue weighted by Crippen LogP contribution is -2.51. The second-order valence-corrected chi connectivity index (χ2v) is 5.09. The Morgan fingerprint density at radius 3 is 2.48 bits per heavy atom. The number of nitrogens with one attached hydrogen (secondary N) is 1. The Bertz CT molecular complexity index is 525. The molecule has 0 saturated heterocycles. The summed E-state index contributed by atoms with van der Waals surface area (Å²) in [5.74, 6) is -1.71. The molecule has 0 heterocycles. The number of hydrogen-bond acceptors (Lipinski definition) is 2. The molecule has 0 aliphatic heterocycles. The molecular weight excluding hydrogens is 273 g/mol. The zero-order chi connectivity index (χ0) is 15.9. The minimum absolute atomic E-state index is 0.0734. The van der Waals surface area contributed by atoms with Crippen LogP contribution in [0.1, 0.15) is 38.7 Å². The maximum Gasteiger partial charge on any atom is 0.329 e. The van der Waals surface area contributed by atoms with Crippen molar-refractivity contribution in [1.82, 2.24) is 5.32 Å². The topological polar surface area (TPSA) is 66.4 Å². The molecule has 1 unspecified atom stereocenters. The molecule has 114 valence electrons. The molecule has 1 rings (SSSR count). The average molecular weight is 293 g/mol. The first kappa shape index (κ1) is 16.9. The fraction of sp³-hybridized carbons (Fsp3) is 0.375. The number of carbonyl (C=O) groups is 2. The molecule has 0 fully saturated rings. The molecule has 1 amide bonds. The first-order valence-electron chi connectivity index (χ1n) is 6.84. The summed E-state index contributed by atoms with van der Waals surface area (Å²) in [5.41, 5.74) is -0.464. The number of benzene rings is 1. The lowest BCUT2D eigenvalue weighted by molar-refractivity contribution is -0.147. The summed E-state index contributed by atoms with van der Waals surface area (Å²) in [5, 5.41) is 11.7. The van der Waals surface area contributed by atoms with E-state index in [0.717, 1.165) is 5.56 Å². The van der Waals surface area contributed by atoms with Crippen LogP contribution in [0.3, 0.4) is 0 Å². The van der Waals surface area contributed by atoms with Gasteiger partial charge in [0.15, 0.2) is 0 Å². The Balaban J connectivity index is 2.57. The third-order valence-corrected chi connectivity index (χ3v) is 3.12. The number of carboxylic acids is 1. The van der Waals surface area contributed by atoms with Gasteiger partial charge in [0.25, 0.3) is 0 Å². The van der Waals surface area contributed by atoms with Gasteiger partial charge in [0.2, 0.25) is 5.91 Å². The standard InChI is InChI=1S/C16H20FNO3/c1-3-11-16(2,15(20)21)18-14(19)6-4-5-12-7-9-13(17)10-8-12/h4-5,7-10H,3,6,11H2,1-2H3,(H,18,19)(H,20,21)/b5-4+. The SMILES string of the molecule is CCCC(C)(NC(=O)C/C=C/c1ccc(F)cc1)C(=O)O. The molecule has 0 radical (unpaired) electrons. The van der Waals surface area contributed by atoms with Crippen LogP contribution < -0.4 is 5.32 Å². The van der Waals surface area contributed by atoms with Crippen LogP contribution in [0.5, 0.6) is 0 Å². The van der Waals surface area contributed by atoms with Crippen LogP contribution in [0.25, 0.3) is 6.08 Å². The van der Waals surface area contributed by atoms with Crippen molar-refractivity contribution < 1.29 is 19.1 Å². The van der Waals surface area contributed by atoms with Gasteiger partial charge in [0.1, 0.15) is 11.4 Å². The predicted molar refractivity (Wildman–Crippen MR) is 79.1 cm³/mol. The molecule has 5 heteroatoms. The summed E-state index contributed by atoms with van der Waals surface area (Å²) in [4.78, 5) is 23.0. The Morgan fingerprint density at radius 2 is 1.95 bits per heavy atom.